The number of hydrogen-bond acceptors (Lipinski definition) is 2. The number of carbonyl (C=O) groups excluding carboxylic acids is 1. The Kier molecular flexibility index (Phi) is 10.8. The van der Waals surface area contributed by atoms with E-state index in [4.69, 9.17) is 23.2 Å². The molecule has 1 amide bonds. The van der Waals surface area contributed by atoms with Crippen LogP contribution in [0.15, 0.2) is 23.3 Å². The molecule has 1 aromatic rings. The molecular weight excluding hydrogens is 331 g/mol. The monoisotopic (exact) mass is 356 g/mol. The molecule has 5 heteroatoms. The molecule has 0 saturated carbocycles. The van der Waals surface area contributed by atoms with Crippen molar-refractivity contribution in [3.8, 4) is 0 Å². The molecule has 3 nitrogen and oxygen atoms in total. The van der Waals surface area contributed by atoms with Crippen LogP contribution < -0.4 is 5.43 Å². The average Bonchev–Trinajstić information content (AvgIpc) is 2.52. The predicted octanol–water partition coefficient (Wildman–Crippen LogP) is 5.97. The van der Waals surface area contributed by atoms with Crippen LogP contribution in [-0.4, -0.2) is 12.1 Å². The Labute approximate surface area is 149 Å². The van der Waals surface area contributed by atoms with Gasteiger partial charge in [0.15, 0.2) is 0 Å². The van der Waals surface area contributed by atoms with E-state index in [-0.39, 0.29) is 5.91 Å². The fraction of sp³-hybridized carbons (Fsp3) is 0.556. The summed E-state index contributed by atoms with van der Waals surface area (Å²) >= 11 is 11.8. The van der Waals surface area contributed by atoms with Gasteiger partial charge in [0.1, 0.15) is 0 Å². The Morgan fingerprint density at radius 2 is 1.74 bits per heavy atom. The van der Waals surface area contributed by atoms with Crippen molar-refractivity contribution in [1.29, 1.82) is 0 Å². The molecule has 0 heterocycles. The van der Waals surface area contributed by atoms with Crippen LogP contribution in [-0.2, 0) is 4.79 Å². The van der Waals surface area contributed by atoms with E-state index in [1.54, 1.807) is 18.2 Å². The molecule has 0 aliphatic carbocycles. The average molecular weight is 357 g/mol. The predicted molar refractivity (Wildman–Crippen MR) is 99.4 cm³/mol. The molecule has 0 aliphatic rings. The molecule has 0 bridgehead atoms. The summed E-state index contributed by atoms with van der Waals surface area (Å²) in [5.74, 6) is -0.0580. The third-order valence-corrected chi connectivity index (χ3v) is 4.18. The second kappa shape index (κ2) is 12.4. The number of carbonyl (C=O) groups is 1. The molecule has 0 atom stereocenters. The maximum atomic E-state index is 11.7. The van der Waals surface area contributed by atoms with Crippen molar-refractivity contribution in [2.24, 2.45) is 5.10 Å². The van der Waals surface area contributed by atoms with Crippen LogP contribution in [0.1, 0.15) is 70.3 Å². The SMILES string of the molecule is CCCCCCCCCCC(=O)NN=Cc1ccc(Cl)cc1Cl. The third-order valence-electron chi connectivity index (χ3n) is 3.61. The van der Waals surface area contributed by atoms with Crippen molar-refractivity contribution in [3.05, 3.63) is 33.8 Å². The number of amides is 1. The smallest absolute Gasteiger partial charge is 0.240 e. The number of nitrogens with one attached hydrogen (secondary N) is 1. The van der Waals surface area contributed by atoms with Crippen molar-refractivity contribution in [2.45, 2.75) is 64.7 Å². The molecule has 0 aliphatic heterocycles. The van der Waals surface area contributed by atoms with Crippen LogP contribution in [0.25, 0.3) is 0 Å². The Morgan fingerprint density at radius 1 is 1.09 bits per heavy atom. The van der Waals surface area contributed by atoms with E-state index in [1.807, 2.05) is 0 Å². The molecule has 23 heavy (non-hydrogen) atoms. The van der Waals surface area contributed by atoms with Crippen molar-refractivity contribution in [1.82, 2.24) is 5.43 Å². The first-order valence-electron chi connectivity index (χ1n) is 8.40. The highest BCUT2D eigenvalue weighted by molar-refractivity contribution is 6.36. The van der Waals surface area contributed by atoms with Gasteiger partial charge in [-0.05, 0) is 18.6 Å². The topological polar surface area (TPSA) is 41.5 Å². The minimum Gasteiger partial charge on any atom is -0.273 e. The zero-order chi connectivity index (χ0) is 16.9. The summed E-state index contributed by atoms with van der Waals surface area (Å²) in [6.07, 6.45) is 11.8. The van der Waals surface area contributed by atoms with Gasteiger partial charge in [-0.2, -0.15) is 5.10 Å². The fourth-order valence-corrected chi connectivity index (χ4v) is 2.71. The molecule has 0 unspecified atom stereocenters. The summed E-state index contributed by atoms with van der Waals surface area (Å²) in [6.45, 7) is 2.22. The quantitative estimate of drug-likeness (QED) is 0.296. The summed E-state index contributed by atoms with van der Waals surface area (Å²) in [4.78, 5) is 11.7. The van der Waals surface area contributed by atoms with E-state index in [2.05, 4.69) is 17.5 Å². The first-order chi connectivity index (χ1) is 11.1. The van der Waals surface area contributed by atoms with Crippen LogP contribution in [0.4, 0.5) is 0 Å². The van der Waals surface area contributed by atoms with Crippen LogP contribution in [0.3, 0.4) is 0 Å². The van der Waals surface area contributed by atoms with Crippen LogP contribution in [0, 0.1) is 0 Å². The molecule has 128 valence electrons. The standard InChI is InChI=1S/C18H26Cl2N2O/c1-2-3-4-5-6-7-8-9-10-18(23)22-21-14-15-11-12-16(19)13-17(15)20/h11-14H,2-10H2,1H3,(H,22,23). The summed E-state index contributed by atoms with van der Waals surface area (Å²) in [7, 11) is 0. The summed E-state index contributed by atoms with van der Waals surface area (Å²) in [5.41, 5.74) is 3.26. The lowest BCUT2D eigenvalue weighted by Gasteiger charge is -2.02. The fourth-order valence-electron chi connectivity index (χ4n) is 2.26. The summed E-state index contributed by atoms with van der Waals surface area (Å²) in [6, 6.07) is 5.14. The number of unbranched alkanes of at least 4 members (excludes halogenated alkanes) is 7. The molecule has 0 radical (unpaired) electrons. The second-order valence-corrected chi connectivity index (χ2v) is 6.53. The number of benzene rings is 1. The normalized spacial score (nSPS) is 11.1. The highest BCUT2D eigenvalue weighted by Gasteiger charge is 2.01. The number of hydrogen-bond donors (Lipinski definition) is 1. The van der Waals surface area contributed by atoms with E-state index in [1.165, 1.54) is 44.7 Å². The zero-order valence-corrected chi connectivity index (χ0v) is 15.3. The maximum absolute atomic E-state index is 11.7. The van der Waals surface area contributed by atoms with Gasteiger partial charge in [-0.25, -0.2) is 5.43 Å². The zero-order valence-electron chi connectivity index (χ0n) is 13.8. The number of nitrogens with zero attached hydrogens (tertiary/aromatic N) is 1. The van der Waals surface area contributed by atoms with Gasteiger partial charge in [0.25, 0.3) is 0 Å². The van der Waals surface area contributed by atoms with Crippen LogP contribution >= 0.6 is 23.2 Å². The molecule has 0 aromatic heterocycles. The lowest BCUT2D eigenvalue weighted by atomic mass is 10.1. The summed E-state index contributed by atoms with van der Waals surface area (Å²) < 4.78 is 0. The van der Waals surface area contributed by atoms with Gasteiger partial charge in [0.05, 0.1) is 11.2 Å². The molecule has 0 spiro atoms. The molecular formula is C18H26Cl2N2O. The highest BCUT2D eigenvalue weighted by Crippen LogP contribution is 2.19. The Hall–Kier alpha value is -1.06. The van der Waals surface area contributed by atoms with Gasteiger partial charge in [-0.3, -0.25) is 4.79 Å². The Morgan fingerprint density at radius 3 is 2.39 bits per heavy atom. The van der Waals surface area contributed by atoms with Gasteiger partial charge in [-0.15, -0.1) is 0 Å². The van der Waals surface area contributed by atoms with E-state index in [0.29, 0.717) is 16.5 Å². The molecule has 0 saturated heterocycles. The van der Waals surface area contributed by atoms with Crippen LogP contribution in [0.2, 0.25) is 10.0 Å². The van der Waals surface area contributed by atoms with Crippen molar-refractivity contribution in [2.75, 3.05) is 0 Å². The number of halogens is 2. The lowest BCUT2D eigenvalue weighted by Crippen LogP contribution is -2.16. The van der Waals surface area contributed by atoms with Crippen molar-refractivity contribution in [3.63, 3.8) is 0 Å². The Bertz CT molecular complexity index is 504. The number of rotatable bonds is 11. The van der Waals surface area contributed by atoms with Gasteiger partial charge >= 0.3 is 0 Å². The maximum Gasteiger partial charge on any atom is 0.240 e. The van der Waals surface area contributed by atoms with Crippen molar-refractivity contribution >= 4 is 35.3 Å². The largest absolute Gasteiger partial charge is 0.273 e. The van der Waals surface area contributed by atoms with Crippen LogP contribution in [0.5, 0.6) is 0 Å². The second-order valence-electron chi connectivity index (χ2n) is 5.68. The first-order valence-corrected chi connectivity index (χ1v) is 9.16. The van der Waals surface area contributed by atoms with E-state index >= 15 is 0 Å². The van der Waals surface area contributed by atoms with Gasteiger partial charge in [-0.1, -0.05) is 81.1 Å². The highest BCUT2D eigenvalue weighted by atomic mass is 35.5. The minimum atomic E-state index is -0.0580. The first kappa shape index (κ1) is 20.0. The van der Waals surface area contributed by atoms with Gasteiger partial charge in [0.2, 0.25) is 5.91 Å². The van der Waals surface area contributed by atoms with Crippen molar-refractivity contribution < 1.29 is 4.79 Å². The molecule has 1 aromatic carbocycles. The molecule has 1 rings (SSSR count). The molecule has 1 N–H and O–H groups in total. The summed E-state index contributed by atoms with van der Waals surface area (Å²) in [5, 5.41) is 5.02. The molecule has 0 fully saturated rings. The van der Waals surface area contributed by atoms with E-state index < -0.39 is 0 Å². The number of hydrazone groups is 1. The third kappa shape index (κ3) is 9.62. The Balaban J connectivity index is 2.11. The van der Waals surface area contributed by atoms with Gasteiger partial charge < -0.3 is 0 Å². The van der Waals surface area contributed by atoms with E-state index in [0.717, 1.165) is 18.4 Å². The van der Waals surface area contributed by atoms with Gasteiger partial charge in [0, 0.05) is 17.0 Å². The minimum absolute atomic E-state index is 0.0580. The van der Waals surface area contributed by atoms with E-state index in [9.17, 15) is 4.79 Å². The lowest BCUT2D eigenvalue weighted by molar-refractivity contribution is -0.121.